The van der Waals surface area contributed by atoms with Gasteiger partial charge in [0.2, 0.25) is 5.91 Å². The van der Waals surface area contributed by atoms with Gasteiger partial charge in [0.1, 0.15) is 11.6 Å². The van der Waals surface area contributed by atoms with Crippen LogP contribution in [0.25, 0.3) is 0 Å². The van der Waals surface area contributed by atoms with E-state index in [2.05, 4.69) is 20.4 Å². The Hall–Kier alpha value is -4.76. The number of nitrogens with zero attached hydrogens (tertiary/aromatic N) is 2. The van der Waals surface area contributed by atoms with Crippen LogP contribution in [0.1, 0.15) is 38.7 Å². The van der Waals surface area contributed by atoms with Crippen molar-refractivity contribution in [3.63, 3.8) is 0 Å². The number of piperazine rings is 1. The minimum Gasteiger partial charge on any atom is -0.367 e. The zero-order valence-electron chi connectivity index (χ0n) is 23.5. The molecule has 0 unspecified atom stereocenters. The maximum Gasteiger partial charge on any atom is 0.323 e. The van der Waals surface area contributed by atoms with Crippen LogP contribution in [-0.2, 0) is 0 Å². The van der Waals surface area contributed by atoms with Crippen molar-refractivity contribution in [2.75, 3.05) is 41.7 Å². The number of nitrogens with two attached hydrogens (primary N) is 1. The topological polar surface area (TPSA) is 90.7 Å². The fourth-order valence-electron chi connectivity index (χ4n) is 5.42. The van der Waals surface area contributed by atoms with Crippen molar-refractivity contribution in [3.8, 4) is 0 Å². The average Bonchev–Trinajstić information content (AvgIpc) is 2.97. The van der Waals surface area contributed by atoms with Crippen LogP contribution in [0.15, 0.2) is 84.9 Å². The molecule has 1 aliphatic heterocycles. The monoisotopic (exact) mass is 569 g/mol. The molecule has 216 valence electrons. The van der Waals surface area contributed by atoms with Crippen LogP contribution in [-0.4, -0.2) is 43.0 Å². The number of aryl methyl sites for hydroxylation is 2. The van der Waals surface area contributed by atoms with Crippen LogP contribution in [0.3, 0.4) is 0 Å². The largest absolute Gasteiger partial charge is 0.367 e. The zero-order chi connectivity index (χ0) is 29.8. The molecule has 0 aliphatic carbocycles. The highest BCUT2D eigenvalue weighted by atomic mass is 19.1. The second-order valence-electron chi connectivity index (χ2n) is 10.5. The third kappa shape index (κ3) is 6.58. The van der Waals surface area contributed by atoms with E-state index < -0.39 is 11.9 Å². The van der Waals surface area contributed by atoms with E-state index in [1.807, 2.05) is 32.0 Å². The summed E-state index contributed by atoms with van der Waals surface area (Å²) in [5, 5.41) is 5.79. The standard InChI is InChI=1S/C33H33F2N5O2/c1-21-3-13-28(22(2)19-21)37-33(42)38-29-20-25(32(36)41)8-14-30(29)39-15-17-40(18-16-39)31(23-4-9-26(34)10-5-23)24-6-11-27(35)12-7-24/h3-14,19-20,31H,15-18H2,1-2H3,(H2,36,41)(H2,37,38,42). The van der Waals surface area contributed by atoms with Gasteiger partial charge in [0.25, 0.3) is 0 Å². The van der Waals surface area contributed by atoms with E-state index >= 15 is 0 Å². The number of hydrogen-bond donors (Lipinski definition) is 3. The first-order valence-electron chi connectivity index (χ1n) is 13.8. The quantitative estimate of drug-likeness (QED) is 0.246. The fraction of sp³-hybridized carbons (Fsp3) is 0.212. The van der Waals surface area contributed by atoms with Gasteiger partial charge in [-0.1, -0.05) is 42.0 Å². The highest BCUT2D eigenvalue weighted by Crippen LogP contribution is 2.33. The van der Waals surface area contributed by atoms with E-state index in [0.717, 1.165) is 27.9 Å². The van der Waals surface area contributed by atoms with Gasteiger partial charge in [-0.15, -0.1) is 0 Å². The van der Waals surface area contributed by atoms with Gasteiger partial charge in [0.15, 0.2) is 0 Å². The van der Waals surface area contributed by atoms with E-state index in [0.29, 0.717) is 37.6 Å². The Labute approximate surface area is 243 Å². The predicted molar refractivity (Wildman–Crippen MR) is 162 cm³/mol. The number of urea groups is 1. The number of primary amides is 1. The van der Waals surface area contributed by atoms with E-state index in [1.54, 1.807) is 42.5 Å². The lowest BCUT2D eigenvalue weighted by atomic mass is 9.96. The first kappa shape index (κ1) is 28.8. The highest BCUT2D eigenvalue weighted by Gasteiger charge is 2.28. The van der Waals surface area contributed by atoms with Gasteiger partial charge in [-0.2, -0.15) is 0 Å². The van der Waals surface area contributed by atoms with Gasteiger partial charge in [-0.05, 0) is 79.1 Å². The van der Waals surface area contributed by atoms with E-state index in [9.17, 15) is 18.4 Å². The molecule has 0 bridgehead atoms. The van der Waals surface area contributed by atoms with Gasteiger partial charge in [-0.25, -0.2) is 13.6 Å². The molecule has 3 amide bonds. The molecule has 4 N–H and O–H groups in total. The van der Waals surface area contributed by atoms with Gasteiger partial charge in [0, 0.05) is 37.4 Å². The highest BCUT2D eigenvalue weighted by molar-refractivity contribution is 6.04. The van der Waals surface area contributed by atoms with Crippen molar-refractivity contribution < 1.29 is 18.4 Å². The molecule has 4 aromatic rings. The normalized spacial score (nSPS) is 13.7. The lowest BCUT2D eigenvalue weighted by Gasteiger charge is -2.41. The van der Waals surface area contributed by atoms with Gasteiger partial charge < -0.3 is 21.3 Å². The second kappa shape index (κ2) is 12.4. The Balaban J connectivity index is 1.36. The SMILES string of the molecule is Cc1ccc(NC(=O)Nc2cc(C(N)=O)ccc2N2CCN(C(c3ccc(F)cc3)c3ccc(F)cc3)CC2)c(C)c1. The van der Waals surface area contributed by atoms with Gasteiger partial charge in [-0.3, -0.25) is 9.69 Å². The molecule has 0 saturated carbocycles. The third-order valence-electron chi connectivity index (χ3n) is 7.55. The zero-order valence-corrected chi connectivity index (χ0v) is 23.5. The van der Waals surface area contributed by atoms with Crippen molar-refractivity contribution >= 4 is 29.0 Å². The number of rotatable bonds is 7. The summed E-state index contributed by atoms with van der Waals surface area (Å²) in [5.41, 5.74) is 11.6. The Morgan fingerprint density at radius 1 is 0.738 bits per heavy atom. The molecule has 5 rings (SSSR count). The van der Waals surface area contributed by atoms with Crippen molar-refractivity contribution in [1.29, 1.82) is 0 Å². The molecule has 0 atom stereocenters. The second-order valence-corrected chi connectivity index (χ2v) is 10.5. The maximum absolute atomic E-state index is 13.7. The summed E-state index contributed by atoms with van der Waals surface area (Å²) < 4.78 is 27.4. The molecule has 0 aromatic heterocycles. The number of hydrogen-bond acceptors (Lipinski definition) is 4. The molecule has 1 aliphatic rings. The lowest BCUT2D eigenvalue weighted by Crippen LogP contribution is -2.48. The molecular formula is C33H33F2N5O2. The Bertz CT molecular complexity index is 1540. The van der Waals surface area contributed by atoms with Crippen molar-refractivity contribution in [2.45, 2.75) is 19.9 Å². The van der Waals surface area contributed by atoms with Gasteiger partial charge >= 0.3 is 6.03 Å². The van der Waals surface area contributed by atoms with Crippen LogP contribution in [0.5, 0.6) is 0 Å². The maximum atomic E-state index is 13.7. The minimum atomic E-state index is -0.592. The number of nitrogens with one attached hydrogen (secondary N) is 2. The number of carbonyl (C=O) groups excluding carboxylic acids is 2. The third-order valence-corrected chi connectivity index (χ3v) is 7.55. The fourth-order valence-corrected chi connectivity index (χ4v) is 5.42. The van der Waals surface area contributed by atoms with E-state index in [-0.39, 0.29) is 23.2 Å². The number of amides is 3. The van der Waals surface area contributed by atoms with Crippen LogP contribution < -0.4 is 21.3 Å². The molecule has 9 heteroatoms. The predicted octanol–water partition coefficient (Wildman–Crippen LogP) is 6.24. The van der Waals surface area contributed by atoms with Crippen molar-refractivity contribution in [2.24, 2.45) is 5.73 Å². The van der Waals surface area contributed by atoms with Crippen LogP contribution in [0.4, 0.5) is 30.6 Å². The molecule has 1 fully saturated rings. The summed E-state index contributed by atoms with van der Waals surface area (Å²) in [4.78, 5) is 29.4. The van der Waals surface area contributed by atoms with Crippen molar-refractivity contribution in [1.82, 2.24) is 4.90 Å². The van der Waals surface area contributed by atoms with E-state index in [4.69, 9.17) is 5.73 Å². The summed E-state index contributed by atoms with van der Waals surface area (Å²) >= 11 is 0. The molecule has 42 heavy (non-hydrogen) atoms. The molecule has 1 heterocycles. The van der Waals surface area contributed by atoms with Crippen LogP contribution >= 0.6 is 0 Å². The lowest BCUT2D eigenvalue weighted by molar-refractivity contribution is 0.1000. The van der Waals surface area contributed by atoms with Crippen LogP contribution in [0.2, 0.25) is 0 Å². The van der Waals surface area contributed by atoms with Crippen LogP contribution in [0, 0.1) is 25.5 Å². The first-order chi connectivity index (χ1) is 20.2. The summed E-state index contributed by atoms with van der Waals surface area (Å²) in [7, 11) is 0. The minimum absolute atomic E-state index is 0.188. The summed E-state index contributed by atoms with van der Waals surface area (Å²) in [6, 6.07) is 22.9. The molecule has 4 aromatic carbocycles. The molecule has 7 nitrogen and oxygen atoms in total. The average molecular weight is 570 g/mol. The molecule has 1 saturated heterocycles. The summed E-state index contributed by atoms with van der Waals surface area (Å²) in [6.45, 7) is 6.42. The van der Waals surface area contributed by atoms with Crippen molar-refractivity contribution in [3.05, 3.63) is 124 Å². The Morgan fingerprint density at radius 3 is 1.86 bits per heavy atom. The number of benzene rings is 4. The smallest absolute Gasteiger partial charge is 0.323 e. The first-order valence-corrected chi connectivity index (χ1v) is 13.8. The number of halogens is 2. The summed E-state index contributed by atoms with van der Waals surface area (Å²) in [5.74, 6) is -1.23. The Morgan fingerprint density at radius 2 is 1.31 bits per heavy atom. The summed E-state index contributed by atoms with van der Waals surface area (Å²) in [6.07, 6.45) is 0. The van der Waals surface area contributed by atoms with E-state index in [1.165, 1.54) is 24.3 Å². The molecule has 0 radical (unpaired) electrons. The molecule has 0 spiro atoms. The van der Waals surface area contributed by atoms with Gasteiger partial charge in [0.05, 0.1) is 17.4 Å². The molecular weight excluding hydrogens is 536 g/mol. The Kier molecular flexibility index (Phi) is 8.49. The number of carbonyl (C=O) groups is 2. The number of anilines is 3.